The van der Waals surface area contributed by atoms with Gasteiger partial charge >= 0.3 is 0 Å². The largest absolute Gasteiger partial charge is 0.507 e. The number of hydrogen-bond acceptors (Lipinski definition) is 3. The van der Waals surface area contributed by atoms with Crippen molar-refractivity contribution >= 4 is 22.9 Å². The van der Waals surface area contributed by atoms with Crippen LogP contribution in [0.25, 0.3) is 0 Å². The van der Waals surface area contributed by atoms with Crippen LogP contribution in [0.4, 0.5) is 5.69 Å². The summed E-state index contributed by atoms with van der Waals surface area (Å²) in [6.45, 7) is 12.6. The number of nitrogens with one attached hydrogen (secondary N) is 1. The molecule has 4 heteroatoms. The molecule has 0 aliphatic rings. The van der Waals surface area contributed by atoms with Crippen LogP contribution in [0.15, 0.2) is 36.4 Å². The summed E-state index contributed by atoms with van der Waals surface area (Å²) in [6.07, 6.45) is 0. The zero-order chi connectivity index (χ0) is 19.7. The molecule has 0 aliphatic carbocycles. The Labute approximate surface area is 162 Å². The van der Waals surface area contributed by atoms with E-state index in [1.807, 2.05) is 36.4 Å². The smallest absolute Gasteiger partial charge is 0.123 e. The van der Waals surface area contributed by atoms with Gasteiger partial charge in [-0.1, -0.05) is 53.8 Å². The third-order valence-corrected chi connectivity index (χ3v) is 4.67. The van der Waals surface area contributed by atoms with E-state index < -0.39 is 0 Å². The van der Waals surface area contributed by atoms with Gasteiger partial charge in [-0.05, 0) is 47.2 Å². The molecule has 26 heavy (non-hydrogen) atoms. The topological polar surface area (TPSA) is 41.5 Å². The second-order valence-electron chi connectivity index (χ2n) is 8.60. The third-order valence-electron chi connectivity index (χ3n) is 4.34. The molecule has 3 nitrogen and oxygen atoms in total. The number of rotatable bonds is 3. The van der Waals surface area contributed by atoms with Crippen molar-refractivity contribution in [2.24, 2.45) is 0 Å². The Morgan fingerprint density at radius 1 is 0.923 bits per heavy atom. The van der Waals surface area contributed by atoms with E-state index in [0.717, 1.165) is 28.1 Å². The Hall–Kier alpha value is -2.07. The molecule has 0 spiro atoms. The zero-order valence-corrected chi connectivity index (χ0v) is 17.5. The zero-order valence-electron chi connectivity index (χ0n) is 16.7. The number of anilines is 1. The summed E-state index contributed by atoms with van der Waals surface area (Å²) in [5, 5.41) is 14.1. The van der Waals surface area contributed by atoms with Crippen LogP contribution in [0.5, 0.6) is 11.5 Å². The monoisotopic (exact) mass is 371 g/mol. The van der Waals surface area contributed by atoms with Crippen LogP contribution in [-0.4, -0.2) is 17.2 Å². The molecule has 0 unspecified atom stereocenters. The molecule has 0 radical (unpaired) electrons. The summed E-state index contributed by atoms with van der Waals surface area (Å²) in [5.74, 6) is 1.16. The quantitative estimate of drug-likeness (QED) is 0.671. The van der Waals surface area contributed by atoms with E-state index in [1.165, 1.54) is 0 Å². The third kappa shape index (κ3) is 4.55. The summed E-state index contributed by atoms with van der Waals surface area (Å²) in [5.41, 5.74) is 3.24. The molecular weight excluding hydrogens is 342 g/mol. The predicted octanol–water partition coefficient (Wildman–Crippen LogP) is 5.78. The maximum Gasteiger partial charge on any atom is 0.123 e. The molecule has 0 saturated heterocycles. The summed E-state index contributed by atoms with van der Waals surface area (Å²) in [6, 6.07) is 11.6. The first-order valence-electron chi connectivity index (χ1n) is 8.77. The van der Waals surface area contributed by atoms with Gasteiger partial charge in [0.05, 0.1) is 7.11 Å². The fourth-order valence-corrected chi connectivity index (χ4v) is 3.02. The van der Waals surface area contributed by atoms with E-state index in [0.29, 0.717) is 10.7 Å². The molecule has 0 amide bonds. The van der Waals surface area contributed by atoms with E-state index in [-0.39, 0.29) is 10.8 Å². The highest BCUT2D eigenvalue weighted by Gasteiger charge is 2.27. The van der Waals surface area contributed by atoms with Crippen LogP contribution in [0.3, 0.4) is 0 Å². The van der Waals surface area contributed by atoms with Crippen LogP contribution >= 0.6 is 12.2 Å². The standard InChI is InChI=1S/C22H29NO2S/c1-21(2,3)17-12-14(13-18(19(17)24)22(4,5)6)20(26)23-15-8-10-16(25-7)11-9-15/h8-13,24H,1-7H3,(H,23,26). The van der Waals surface area contributed by atoms with E-state index >= 15 is 0 Å². The summed E-state index contributed by atoms with van der Waals surface area (Å²) in [4.78, 5) is 0.631. The summed E-state index contributed by atoms with van der Waals surface area (Å²) < 4.78 is 5.19. The van der Waals surface area contributed by atoms with Gasteiger partial charge in [0, 0.05) is 22.4 Å². The molecule has 2 rings (SSSR count). The molecule has 140 valence electrons. The van der Waals surface area contributed by atoms with E-state index in [1.54, 1.807) is 7.11 Å². The van der Waals surface area contributed by atoms with Gasteiger partial charge in [-0.3, -0.25) is 0 Å². The fraction of sp³-hybridized carbons (Fsp3) is 0.409. The molecule has 2 aromatic carbocycles. The van der Waals surface area contributed by atoms with Gasteiger partial charge in [0.15, 0.2) is 0 Å². The van der Waals surface area contributed by atoms with E-state index in [9.17, 15) is 5.11 Å². The van der Waals surface area contributed by atoms with Gasteiger partial charge in [0.1, 0.15) is 16.5 Å². The van der Waals surface area contributed by atoms with Crippen LogP contribution in [0.2, 0.25) is 0 Å². The second kappa shape index (κ2) is 7.28. The fourth-order valence-electron chi connectivity index (χ4n) is 2.79. The number of hydrogen-bond donors (Lipinski definition) is 2. The minimum Gasteiger partial charge on any atom is -0.507 e. The molecular formula is C22H29NO2S. The van der Waals surface area contributed by atoms with Gasteiger partial charge in [0.25, 0.3) is 0 Å². The van der Waals surface area contributed by atoms with Gasteiger partial charge in [-0.15, -0.1) is 0 Å². The lowest BCUT2D eigenvalue weighted by Gasteiger charge is -2.28. The number of aromatic hydroxyl groups is 1. The SMILES string of the molecule is COc1ccc(NC(=S)c2cc(C(C)(C)C)c(O)c(C(C)(C)C)c2)cc1. The first kappa shape index (κ1) is 20.2. The Bertz CT molecular complexity index is 761. The number of methoxy groups -OCH3 is 1. The number of phenols is 1. The Kier molecular flexibility index (Phi) is 5.67. The minimum absolute atomic E-state index is 0.185. The van der Waals surface area contributed by atoms with Gasteiger partial charge < -0.3 is 15.2 Å². The van der Waals surface area contributed by atoms with Crippen molar-refractivity contribution in [3.8, 4) is 11.5 Å². The first-order chi connectivity index (χ1) is 11.9. The maximum atomic E-state index is 10.8. The van der Waals surface area contributed by atoms with Crippen molar-refractivity contribution < 1.29 is 9.84 Å². The Balaban J connectivity index is 2.45. The molecule has 0 bridgehead atoms. The lowest BCUT2D eigenvalue weighted by Crippen LogP contribution is -2.20. The van der Waals surface area contributed by atoms with E-state index in [2.05, 4.69) is 46.9 Å². The summed E-state index contributed by atoms with van der Waals surface area (Å²) in [7, 11) is 1.64. The number of phenolic OH excluding ortho intramolecular Hbond substituents is 1. The normalized spacial score (nSPS) is 12.0. The van der Waals surface area contributed by atoms with Crippen molar-refractivity contribution in [3.63, 3.8) is 0 Å². The van der Waals surface area contributed by atoms with Gasteiger partial charge in [-0.25, -0.2) is 0 Å². The van der Waals surface area contributed by atoms with Crippen molar-refractivity contribution in [2.45, 2.75) is 52.4 Å². The van der Waals surface area contributed by atoms with E-state index in [4.69, 9.17) is 17.0 Å². The van der Waals surface area contributed by atoms with Crippen molar-refractivity contribution in [3.05, 3.63) is 53.1 Å². The molecule has 0 fully saturated rings. The van der Waals surface area contributed by atoms with Crippen molar-refractivity contribution in [2.75, 3.05) is 12.4 Å². The average molecular weight is 372 g/mol. The van der Waals surface area contributed by atoms with Gasteiger partial charge in [-0.2, -0.15) is 0 Å². The predicted molar refractivity (Wildman–Crippen MR) is 114 cm³/mol. The minimum atomic E-state index is -0.185. The van der Waals surface area contributed by atoms with Crippen molar-refractivity contribution in [1.29, 1.82) is 0 Å². The lowest BCUT2D eigenvalue weighted by atomic mass is 9.78. The molecule has 2 N–H and O–H groups in total. The first-order valence-corrected chi connectivity index (χ1v) is 9.17. The van der Waals surface area contributed by atoms with Crippen LogP contribution in [-0.2, 0) is 10.8 Å². The molecule has 0 atom stereocenters. The lowest BCUT2D eigenvalue weighted by molar-refractivity contribution is 0.415. The molecule has 0 heterocycles. The van der Waals surface area contributed by atoms with Crippen LogP contribution in [0, 0.1) is 0 Å². The highest BCUT2D eigenvalue weighted by atomic mass is 32.1. The highest BCUT2D eigenvalue weighted by molar-refractivity contribution is 7.81. The summed E-state index contributed by atoms with van der Waals surface area (Å²) >= 11 is 5.65. The molecule has 0 aromatic heterocycles. The Morgan fingerprint density at radius 3 is 1.77 bits per heavy atom. The average Bonchev–Trinajstić information content (AvgIpc) is 2.53. The van der Waals surface area contributed by atoms with Gasteiger partial charge in [0.2, 0.25) is 0 Å². The number of benzene rings is 2. The number of thiocarbonyl (C=S) groups is 1. The molecule has 0 saturated carbocycles. The number of ether oxygens (including phenoxy) is 1. The highest BCUT2D eigenvalue weighted by Crippen LogP contribution is 2.40. The van der Waals surface area contributed by atoms with Crippen LogP contribution < -0.4 is 10.1 Å². The van der Waals surface area contributed by atoms with Crippen LogP contribution in [0.1, 0.15) is 58.2 Å². The second-order valence-corrected chi connectivity index (χ2v) is 9.01. The maximum absolute atomic E-state index is 10.8. The van der Waals surface area contributed by atoms with Crippen molar-refractivity contribution in [1.82, 2.24) is 0 Å². The molecule has 2 aromatic rings. The molecule has 0 aliphatic heterocycles. The Morgan fingerprint density at radius 2 is 1.38 bits per heavy atom.